The van der Waals surface area contributed by atoms with Crippen molar-refractivity contribution in [2.24, 2.45) is 0 Å². The molecule has 0 amide bonds. The van der Waals surface area contributed by atoms with E-state index in [2.05, 4.69) is 10.1 Å². The van der Waals surface area contributed by atoms with E-state index >= 15 is 0 Å². The molecule has 1 fully saturated rings. The Balaban J connectivity index is 1.80. The van der Waals surface area contributed by atoms with Crippen LogP contribution < -0.4 is 4.72 Å². The van der Waals surface area contributed by atoms with Crippen LogP contribution in [0, 0.1) is 0 Å². The summed E-state index contributed by atoms with van der Waals surface area (Å²) in [6, 6.07) is 0.490. The van der Waals surface area contributed by atoms with Gasteiger partial charge in [-0.3, -0.25) is 0 Å². The van der Waals surface area contributed by atoms with E-state index in [0.717, 1.165) is 19.0 Å². The summed E-state index contributed by atoms with van der Waals surface area (Å²) in [6.07, 6.45) is -2.13. The first kappa shape index (κ1) is 13.9. The lowest BCUT2D eigenvalue weighted by Gasteiger charge is -2.02. The predicted molar refractivity (Wildman–Crippen MR) is 62.9 cm³/mol. The van der Waals surface area contributed by atoms with Crippen molar-refractivity contribution < 1.29 is 26.1 Å². The third-order valence-electron chi connectivity index (χ3n) is 2.87. The zero-order valence-corrected chi connectivity index (χ0v) is 11.1. The molecule has 2 heterocycles. The van der Waals surface area contributed by atoms with Crippen LogP contribution in [0.5, 0.6) is 0 Å². The van der Waals surface area contributed by atoms with Crippen LogP contribution in [0.3, 0.4) is 0 Å². The van der Waals surface area contributed by atoms with Gasteiger partial charge < -0.3 is 9.51 Å². The van der Waals surface area contributed by atoms with Crippen LogP contribution >= 0.6 is 0 Å². The molecule has 3 rings (SSSR count). The molecular weight excluding hydrogens is 313 g/mol. The standard InChI is InChI=1S/C10H9F3N4O3S/c11-10(12,13)7-3-6(4-14-7)21(18,19)17-9-15-8(20-16-9)5-1-2-5/h3-5,14H,1-2H2,(H,16,17). The quantitative estimate of drug-likeness (QED) is 0.897. The predicted octanol–water partition coefficient (Wildman–Crippen LogP) is 2.09. The van der Waals surface area contributed by atoms with E-state index in [-0.39, 0.29) is 11.9 Å². The second kappa shape index (κ2) is 4.48. The molecular formula is C10H9F3N4O3S. The summed E-state index contributed by atoms with van der Waals surface area (Å²) < 4.78 is 67.9. The Hall–Kier alpha value is -2.04. The summed E-state index contributed by atoms with van der Waals surface area (Å²) in [4.78, 5) is 5.14. The van der Waals surface area contributed by atoms with E-state index < -0.39 is 26.8 Å². The van der Waals surface area contributed by atoms with Crippen LogP contribution in [0.25, 0.3) is 0 Å². The molecule has 0 spiro atoms. The molecule has 0 radical (unpaired) electrons. The summed E-state index contributed by atoms with van der Waals surface area (Å²) in [5, 5.41) is 3.43. The van der Waals surface area contributed by atoms with E-state index in [1.165, 1.54) is 0 Å². The molecule has 21 heavy (non-hydrogen) atoms. The number of anilines is 1. The smallest absolute Gasteiger partial charge is 0.356 e. The van der Waals surface area contributed by atoms with Gasteiger partial charge in [0.05, 0.1) is 0 Å². The fourth-order valence-electron chi connectivity index (χ4n) is 1.65. The molecule has 1 aliphatic rings. The second-order valence-corrected chi connectivity index (χ2v) is 6.27. The fraction of sp³-hybridized carbons (Fsp3) is 0.400. The Labute approximate surface area is 116 Å². The lowest BCUT2D eigenvalue weighted by atomic mass is 10.4. The number of H-pyrrole nitrogens is 1. The molecule has 114 valence electrons. The van der Waals surface area contributed by atoms with Gasteiger partial charge in [0.1, 0.15) is 10.6 Å². The Morgan fingerprint density at radius 2 is 2.10 bits per heavy atom. The zero-order chi connectivity index (χ0) is 15.3. The van der Waals surface area contributed by atoms with Crippen molar-refractivity contribution in [1.82, 2.24) is 15.1 Å². The molecule has 0 unspecified atom stereocenters. The van der Waals surface area contributed by atoms with Crippen LogP contribution in [0.4, 0.5) is 19.1 Å². The number of nitrogens with zero attached hydrogens (tertiary/aromatic N) is 2. The summed E-state index contributed by atoms with van der Waals surface area (Å²) in [5.41, 5.74) is -1.16. The summed E-state index contributed by atoms with van der Waals surface area (Å²) >= 11 is 0. The lowest BCUT2D eigenvalue weighted by molar-refractivity contribution is -0.140. The van der Waals surface area contributed by atoms with Crippen molar-refractivity contribution >= 4 is 16.0 Å². The molecule has 1 aliphatic carbocycles. The average molecular weight is 322 g/mol. The number of aromatic amines is 1. The lowest BCUT2D eigenvalue weighted by Crippen LogP contribution is -2.13. The number of sulfonamides is 1. The maximum Gasteiger partial charge on any atom is 0.431 e. The third-order valence-corrected chi connectivity index (χ3v) is 4.17. The van der Waals surface area contributed by atoms with Gasteiger partial charge in [-0.1, -0.05) is 0 Å². The summed E-state index contributed by atoms with van der Waals surface area (Å²) in [7, 11) is -4.21. The topological polar surface area (TPSA) is 101 Å². The van der Waals surface area contributed by atoms with Crippen molar-refractivity contribution in [2.75, 3.05) is 4.72 Å². The van der Waals surface area contributed by atoms with Gasteiger partial charge in [-0.05, 0) is 24.1 Å². The number of nitrogens with one attached hydrogen (secondary N) is 2. The third kappa shape index (κ3) is 2.86. The van der Waals surface area contributed by atoms with Crippen LogP contribution in [0.1, 0.15) is 30.3 Å². The van der Waals surface area contributed by atoms with Crippen molar-refractivity contribution in [2.45, 2.75) is 29.8 Å². The van der Waals surface area contributed by atoms with Crippen LogP contribution in [-0.4, -0.2) is 23.5 Å². The molecule has 0 aliphatic heterocycles. The molecule has 0 atom stereocenters. The maximum absolute atomic E-state index is 12.4. The highest BCUT2D eigenvalue weighted by atomic mass is 32.2. The number of hydrogen-bond acceptors (Lipinski definition) is 5. The minimum Gasteiger partial charge on any atom is -0.356 e. The SMILES string of the molecule is O=S(=O)(Nc1noc(C2CC2)n1)c1c[nH]c(C(F)(F)F)c1. The van der Waals surface area contributed by atoms with E-state index in [9.17, 15) is 21.6 Å². The first-order valence-corrected chi connectivity index (χ1v) is 7.36. The number of aromatic nitrogens is 3. The van der Waals surface area contributed by atoms with Gasteiger partial charge in [-0.2, -0.15) is 18.2 Å². The molecule has 2 aromatic heterocycles. The molecule has 2 aromatic rings. The Morgan fingerprint density at radius 1 is 1.38 bits per heavy atom. The zero-order valence-electron chi connectivity index (χ0n) is 10.3. The van der Waals surface area contributed by atoms with Gasteiger partial charge in [0.25, 0.3) is 16.0 Å². The van der Waals surface area contributed by atoms with Gasteiger partial charge in [-0.15, -0.1) is 0 Å². The van der Waals surface area contributed by atoms with Crippen molar-refractivity contribution in [3.63, 3.8) is 0 Å². The minimum absolute atomic E-state index is 0.139. The molecule has 0 aromatic carbocycles. The van der Waals surface area contributed by atoms with Crippen LogP contribution in [0.2, 0.25) is 0 Å². The van der Waals surface area contributed by atoms with Crippen LogP contribution in [0.15, 0.2) is 21.7 Å². The number of alkyl halides is 3. The highest BCUT2D eigenvalue weighted by Gasteiger charge is 2.34. The largest absolute Gasteiger partial charge is 0.431 e. The molecule has 1 saturated carbocycles. The van der Waals surface area contributed by atoms with Crippen LogP contribution in [-0.2, 0) is 16.2 Å². The van der Waals surface area contributed by atoms with Gasteiger partial charge in [0, 0.05) is 12.1 Å². The Bertz CT molecular complexity index is 761. The molecule has 0 bridgehead atoms. The second-order valence-electron chi connectivity index (χ2n) is 4.58. The maximum atomic E-state index is 12.4. The Morgan fingerprint density at radius 3 is 2.67 bits per heavy atom. The van der Waals surface area contributed by atoms with Gasteiger partial charge >= 0.3 is 6.18 Å². The number of halogens is 3. The monoisotopic (exact) mass is 322 g/mol. The van der Waals surface area contributed by atoms with Crippen molar-refractivity contribution in [3.05, 3.63) is 23.8 Å². The van der Waals surface area contributed by atoms with Crippen molar-refractivity contribution in [3.8, 4) is 0 Å². The molecule has 7 nitrogen and oxygen atoms in total. The fourth-order valence-corrected chi connectivity index (χ4v) is 2.57. The van der Waals surface area contributed by atoms with Gasteiger partial charge in [0.2, 0.25) is 5.89 Å². The minimum atomic E-state index is -4.65. The Kier molecular flexibility index (Phi) is 2.97. The van der Waals surface area contributed by atoms with E-state index in [1.807, 2.05) is 9.71 Å². The first-order chi connectivity index (χ1) is 9.75. The van der Waals surface area contributed by atoms with Gasteiger partial charge in [-0.25, -0.2) is 13.1 Å². The van der Waals surface area contributed by atoms with Gasteiger partial charge in [0.15, 0.2) is 0 Å². The molecule has 0 saturated heterocycles. The van der Waals surface area contributed by atoms with Crippen molar-refractivity contribution in [1.29, 1.82) is 0 Å². The average Bonchev–Trinajstić information content (AvgIpc) is 2.90. The van der Waals surface area contributed by atoms with E-state index in [1.54, 1.807) is 0 Å². The van der Waals surface area contributed by atoms with E-state index in [0.29, 0.717) is 12.0 Å². The van der Waals surface area contributed by atoms with E-state index in [4.69, 9.17) is 4.52 Å². The highest BCUT2D eigenvalue weighted by Crippen LogP contribution is 2.39. The number of hydrogen-bond donors (Lipinski definition) is 2. The first-order valence-electron chi connectivity index (χ1n) is 5.88. The summed E-state index contributed by atoms with van der Waals surface area (Å²) in [6.45, 7) is 0. The normalized spacial score (nSPS) is 16.1. The molecule has 2 N–H and O–H groups in total. The molecule has 11 heteroatoms. The highest BCUT2D eigenvalue weighted by molar-refractivity contribution is 7.92. The number of rotatable bonds is 4. The summed E-state index contributed by atoms with van der Waals surface area (Å²) in [5.74, 6) is 0.157.